The van der Waals surface area contributed by atoms with Crippen LogP contribution in [0.25, 0.3) is 0 Å². The zero-order valence-corrected chi connectivity index (χ0v) is 16.7. The summed E-state index contributed by atoms with van der Waals surface area (Å²) < 4.78 is 20.4. The fourth-order valence-corrected chi connectivity index (χ4v) is 5.40. The fourth-order valence-electron chi connectivity index (χ4n) is 5.40. The Kier molecular flexibility index (Phi) is 5.70. The molecule has 2 N–H and O–H groups in total. The van der Waals surface area contributed by atoms with Gasteiger partial charge in [0.05, 0.1) is 24.3 Å². The van der Waals surface area contributed by atoms with E-state index in [0.29, 0.717) is 13.2 Å². The van der Waals surface area contributed by atoms with Crippen molar-refractivity contribution >= 4 is 0 Å². The van der Waals surface area contributed by atoms with Gasteiger partial charge in [0.1, 0.15) is 24.2 Å². The van der Waals surface area contributed by atoms with Crippen LogP contribution in [0.4, 0.5) is 4.39 Å². The van der Waals surface area contributed by atoms with E-state index in [1.54, 1.807) is 12.1 Å². The van der Waals surface area contributed by atoms with Gasteiger partial charge in [-0.15, -0.1) is 0 Å². The number of nitrogens with one attached hydrogen (secondary N) is 1. The molecule has 1 aliphatic carbocycles. The number of ether oxygens (including phenoxy) is 1. The number of quaternary nitrogens is 1. The number of benzene rings is 2. The van der Waals surface area contributed by atoms with Crippen LogP contribution in [0.15, 0.2) is 48.5 Å². The van der Waals surface area contributed by atoms with Gasteiger partial charge in [0.25, 0.3) is 0 Å². The lowest BCUT2D eigenvalue weighted by Crippen LogP contribution is -3.13. The number of halogens is 1. The van der Waals surface area contributed by atoms with Crippen LogP contribution in [-0.4, -0.2) is 23.9 Å². The minimum absolute atomic E-state index is 0.112. The van der Waals surface area contributed by atoms with Gasteiger partial charge < -0.3 is 14.7 Å². The summed E-state index contributed by atoms with van der Waals surface area (Å²) in [5.74, 6) is 0.936. The monoisotopic (exact) mass is 384 g/mol. The van der Waals surface area contributed by atoms with Gasteiger partial charge in [-0.1, -0.05) is 43.2 Å². The van der Waals surface area contributed by atoms with Crippen LogP contribution in [0, 0.1) is 11.7 Å². The fraction of sp³-hybridized carbons (Fsp3) is 0.500. The summed E-state index contributed by atoms with van der Waals surface area (Å²) in [5.41, 5.74) is 1.29. The molecule has 0 spiro atoms. The second-order valence-electron chi connectivity index (χ2n) is 8.33. The van der Waals surface area contributed by atoms with Gasteiger partial charge in [0.2, 0.25) is 0 Å². The Morgan fingerprint density at radius 1 is 1.11 bits per heavy atom. The van der Waals surface area contributed by atoms with Gasteiger partial charge in [-0.05, 0) is 38.0 Å². The lowest BCUT2D eigenvalue weighted by molar-refractivity contribution is -0.958. The van der Waals surface area contributed by atoms with Crippen LogP contribution in [0.2, 0.25) is 0 Å². The van der Waals surface area contributed by atoms with Crippen molar-refractivity contribution < 1.29 is 19.1 Å². The maximum Gasteiger partial charge on any atom is 0.132 e. The summed E-state index contributed by atoms with van der Waals surface area (Å²) in [4.78, 5) is 1.33. The molecule has 1 unspecified atom stereocenters. The van der Waals surface area contributed by atoms with Crippen molar-refractivity contribution in [3.63, 3.8) is 0 Å². The molecule has 0 radical (unpaired) electrons. The van der Waals surface area contributed by atoms with E-state index in [1.165, 1.54) is 4.90 Å². The molecular weight excluding hydrogens is 353 g/mol. The Bertz CT molecular complexity index is 811. The molecule has 2 fully saturated rings. The van der Waals surface area contributed by atoms with Crippen molar-refractivity contribution in [2.45, 2.75) is 57.2 Å². The van der Waals surface area contributed by atoms with E-state index in [-0.39, 0.29) is 17.8 Å². The highest BCUT2D eigenvalue weighted by Crippen LogP contribution is 2.45. The number of para-hydroxylation sites is 1. The minimum Gasteiger partial charge on any atom is -0.493 e. The van der Waals surface area contributed by atoms with Crippen molar-refractivity contribution in [2.75, 3.05) is 13.2 Å². The molecule has 3 nitrogen and oxygen atoms in total. The third-order valence-corrected chi connectivity index (χ3v) is 6.72. The van der Waals surface area contributed by atoms with Crippen molar-refractivity contribution in [1.29, 1.82) is 0 Å². The van der Waals surface area contributed by atoms with Crippen LogP contribution >= 0.6 is 0 Å². The maximum absolute atomic E-state index is 14.4. The third-order valence-electron chi connectivity index (χ3n) is 6.72. The first-order valence-corrected chi connectivity index (χ1v) is 10.6. The molecule has 4 atom stereocenters. The zero-order chi connectivity index (χ0) is 19.6. The Hall–Kier alpha value is -1.91. The number of likely N-dealkylation sites (tertiary alicyclic amines) is 1. The molecular formula is C24H31FNO2+. The smallest absolute Gasteiger partial charge is 0.132 e. The molecule has 4 heteroatoms. The van der Waals surface area contributed by atoms with E-state index < -0.39 is 5.60 Å². The molecule has 28 heavy (non-hydrogen) atoms. The molecule has 0 aromatic heterocycles. The first-order valence-electron chi connectivity index (χ1n) is 10.6. The highest BCUT2D eigenvalue weighted by Gasteiger charge is 2.52. The average molecular weight is 385 g/mol. The van der Waals surface area contributed by atoms with Crippen LogP contribution in [0.3, 0.4) is 0 Å². The highest BCUT2D eigenvalue weighted by molar-refractivity contribution is 5.36. The van der Waals surface area contributed by atoms with Gasteiger partial charge in [0, 0.05) is 17.9 Å². The Labute approximate surface area is 167 Å². The van der Waals surface area contributed by atoms with Crippen LogP contribution in [0.1, 0.15) is 56.2 Å². The predicted octanol–water partition coefficient (Wildman–Crippen LogP) is 3.68. The molecule has 4 rings (SSSR count). The summed E-state index contributed by atoms with van der Waals surface area (Å²) in [6.07, 6.45) is 4.91. The highest BCUT2D eigenvalue weighted by atomic mass is 19.1. The number of piperidine rings is 1. The molecule has 0 amide bonds. The number of hydrogen-bond donors (Lipinski definition) is 2. The molecule has 1 aliphatic heterocycles. The number of fused-ring (bicyclic) bond motifs is 1. The Morgan fingerprint density at radius 3 is 2.71 bits per heavy atom. The van der Waals surface area contributed by atoms with Gasteiger partial charge in [-0.25, -0.2) is 4.39 Å². The van der Waals surface area contributed by atoms with Gasteiger partial charge in [-0.3, -0.25) is 0 Å². The Morgan fingerprint density at radius 2 is 1.89 bits per heavy atom. The van der Waals surface area contributed by atoms with Gasteiger partial charge in [0.15, 0.2) is 0 Å². The molecule has 150 valence electrons. The molecule has 1 saturated heterocycles. The van der Waals surface area contributed by atoms with Crippen molar-refractivity contribution in [2.24, 2.45) is 5.92 Å². The zero-order valence-electron chi connectivity index (χ0n) is 16.7. The maximum atomic E-state index is 14.4. The molecule has 0 bridgehead atoms. The first-order chi connectivity index (χ1) is 13.6. The minimum atomic E-state index is -0.610. The van der Waals surface area contributed by atoms with Crippen molar-refractivity contribution in [3.8, 4) is 5.75 Å². The van der Waals surface area contributed by atoms with E-state index in [9.17, 15) is 9.50 Å². The quantitative estimate of drug-likeness (QED) is 0.825. The standard InChI is InChI=1S/C24H30FNO2/c1-2-28-22-13-6-4-10-19(22)23-20-11-7-8-14-24(20,27)15-16-26(23)17-18-9-3-5-12-21(18)25/h3-6,9-10,12-13,20,23,27H,2,7-8,11,14-17H2,1H3/p+1/t20-,23+,24+/m0/s1. The second-order valence-corrected chi connectivity index (χ2v) is 8.33. The predicted molar refractivity (Wildman–Crippen MR) is 108 cm³/mol. The van der Waals surface area contributed by atoms with Gasteiger partial charge >= 0.3 is 0 Å². The van der Waals surface area contributed by atoms with Crippen LogP contribution < -0.4 is 9.64 Å². The Balaban J connectivity index is 1.74. The molecule has 2 aliphatic rings. The molecule has 2 aromatic carbocycles. The molecule has 2 aromatic rings. The van der Waals surface area contributed by atoms with Crippen molar-refractivity contribution in [3.05, 3.63) is 65.5 Å². The summed E-state index contributed by atoms with van der Waals surface area (Å²) in [6, 6.07) is 15.4. The summed E-state index contributed by atoms with van der Waals surface area (Å²) in [7, 11) is 0. The van der Waals surface area contributed by atoms with E-state index in [0.717, 1.165) is 55.5 Å². The average Bonchev–Trinajstić information content (AvgIpc) is 2.70. The summed E-state index contributed by atoms with van der Waals surface area (Å²) in [5, 5.41) is 11.5. The van der Waals surface area contributed by atoms with Gasteiger partial charge in [-0.2, -0.15) is 0 Å². The SMILES string of the molecule is CCOc1ccccc1[C@@H]1[C@@H]2CCCC[C@@]2(O)CC[NH+]1Cc1ccccc1F. The van der Waals surface area contributed by atoms with E-state index in [2.05, 4.69) is 12.1 Å². The number of aliphatic hydroxyl groups is 1. The summed E-state index contributed by atoms with van der Waals surface area (Å²) >= 11 is 0. The normalized spacial score (nSPS) is 29.9. The molecule has 1 saturated carbocycles. The number of rotatable bonds is 5. The van der Waals surface area contributed by atoms with Crippen LogP contribution in [0.5, 0.6) is 5.75 Å². The third kappa shape index (κ3) is 3.68. The van der Waals surface area contributed by atoms with E-state index in [4.69, 9.17) is 4.74 Å². The topological polar surface area (TPSA) is 33.9 Å². The summed E-state index contributed by atoms with van der Waals surface area (Å²) in [6.45, 7) is 4.08. The van der Waals surface area contributed by atoms with E-state index >= 15 is 0 Å². The lowest BCUT2D eigenvalue weighted by atomic mass is 9.66. The molecule has 1 heterocycles. The largest absolute Gasteiger partial charge is 0.493 e. The number of hydrogen-bond acceptors (Lipinski definition) is 2. The lowest BCUT2D eigenvalue weighted by Gasteiger charge is -2.50. The van der Waals surface area contributed by atoms with E-state index in [1.807, 2.05) is 31.2 Å². The van der Waals surface area contributed by atoms with Crippen molar-refractivity contribution in [1.82, 2.24) is 0 Å². The second kappa shape index (κ2) is 8.22. The first kappa shape index (κ1) is 19.4. The van der Waals surface area contributed by atoms with Crippen LogP contribution in [-0.2, 0) is 6.54 Å².